The summed E-state index contributed by atoms with van der Waals surface area (Å²) in [5.74, 6) is 0.0805. The number of carbonyl (C=O) groups excluding carboxylic acids is 1. The van der Waals surface area contributed by atoms with E-state index < -0.39 is 6.10 Å². The van der Waals surface area contributed by atoms with Crippen LogP contribution in [0.3, 0.4) is 0 Å². The molecule has 2 unspecified atom stereocenters. The van der Waals surface area contributed by atoms with Crippen molar-refractivity contribution in [2.75, 3.05) is 25.0 Å². The highest BCUT2D eigenvalue weighted by atomic mass is 16.3. The molecule has 0 aromatic heterocycles. The molecule has 0 bridgehead atoms. The quantitative estimate of drug-likeness (QED) is 0.901. The molecule has 1 heterocycles. The van der Waals surface area contributed by atoms with Crippen LogP contribution < -0.4 is 4.90 Å². The zero-order chi connectivity index (χ0) is 18.5. The van der Waals surface area contributed by atoms with E-state index in [9.17, 15) is 9.90 Å². The summed E-state index contributed by atoms with van der Waals surface area (Å²) in [5, 5.41) is 19.4. The molecule has 2 atom stereocenters. The molecule has 1 saturated heterocycles. The van der Waals surface area contributed by atoms with Gasteiger partial charge in [-0.15, -0.1) is 0 Å². The van der Waals surface area contributed by atoms with E-state index in [0.29, 0.717) is 12.1 Å². The normalized spacial score (nSPS) is 18.6. The van der Waals surface area contributed by atoms with E-state index in [2.05, 4.69) is 6.07 Å². The number of carbonyl (C=O) groups is 1. The first kappa shape index (κ1) is 18.1. The second-order valence-electron chi connectivity index (χ2n) is 6.67. The molecule has 1 aliphatic rings. The molecule has 5 nitrogen and oxygen atoms in total. The Balaban J connectivity index is 1.67. The van der Waals surface area contributed by atoms with Crippen molar-refractivity contribution < 1.29 is 9.90 Å². The lowest BCUT2D eigenvalue weighted by molar-refractivity contribution is -0.125. The number of nitriles is 1. The van der Waals surface area contributed by atoms with Gasteiger partial charge in [0.1, 0.15) is 0 Å². The van der Waals surface area contributed by atoms with Gasteiger partial charge in [-0.2, -0.15) is 5.26 Å². The lowest BCUT2D eigenvalue weighted by atomic mass is 10.0. The van der Waals surface area contributed by atoms with Gasteiger partial charge in [0, 0.05) is 18.8 Å². The predicted molar refractivity (Wildman–Crippen MR) is 101 cm³/mol. The maximum Gasteiger partial charge on any atom is 0.244 e. The average molecular weight is 349 g/mol. The van der Waals surface area contributed by atoms with Crippen LogP contribution in [0.1, 0.15) is 30.1 Å². The molecule has 0 spiro atoms. The lowest BCUT2D eigenvalue weighted by Gasteiger charge is -2.37. The Hall–Kier alpha value is -2.68. The van der Waals surface area contributed by atoms with Crippen LogP contribution in [0.4, 0.5) is 5.69 Å². The number of aliphatic hydroxyl groups excluding tert-OH is 1. The van der Waals surface area contributed by atoms with Crippen molar-refractivity contribution in [3.63, 3.8) is 0 Å². The molecule has 0 radical (unpaired) electrons. The molecule has 0 aliphatic carbocycles. The van der Waals surface area contributed by atoms with Crippen LogP contribution in [0, 0.1) is 11.3 Å². The van der Waals surface area contributed by atoms with Gasteiger partial charge >= 0.3 is 0 Å². The van der Waals surface area contributed by atoms with Gasteiger partial charge in [-0.3, -0.25) is 9.69 Å². The Labute approximate surface area is 154 Å². The van der Waals surface area contributed by atoms with Crippen LogP contribution in [0.5, 0.6) is 0 Å². The monoisotopic (exact) mass is 349 g/mol. The first-order valence-electron chi connectivity index (χ1n) is 8.85. The Morgan fingerprint density at radius 3 is 2.58 bits per heavy atom. The number of para-hydroxylation sites is 1. The number of nitrogens with zero attached hydrogens (tertiary/aromatic N) is 3. The minimum Gasteiger partial charge on any atom is -0.387 e. The van der Waals surface area contributed by atoms with Crippen LogP contribution in [-0.2, 0) is 4.79 Å². The fourth-order valence-electron chi connectivity index (χ4n) is 3.41. The fourth-order valence-corrected chi connectivity index (χ4v) is 3.41. The number of rotatable bonds is 5. The molecular formula is C21H23N3O2. The molecule has 2 aromatic rings. The van der Waals surface area contributed by atoms with E-state index in [1.165, 1.54) is 0 Å². The van der Waals surface area contributed by atoms with Crippen molar-refractivity contribution in [3.8, 4) is 6.07 Å². The maximum atomic E-state index is 12.9. The smallest absolute Gasteiger partial charge is 0.244 e. The van der Waals surface area contributed by atoms with Crippen molar-refractivity contribution in [1.29, 1.82) is 5.26 Å². The summed E-state index contributed by atoms with van der Waals surface area (Å²) >= 11 is 0. The summed E-state index contributed by atoms with van der Waals surface area (Å²) in [4.78, 5) is 16.7. The van der Waals surface area contributed by atoms with Gasteiger partial charge < -0.3 is 10.0 Å². The molecule has 1 N–H and O–H groups in total. The van der Waals surface area contributed by atoms with Gasteiger partial charge in [-0.05, 0) is 49.7 Å². The summed E-state index contributed by atoms with van der Waals surface area (Å²) < 4.78 is 0. The molecule has 3 rings (SSSR count). The number of hydrogen-bond acceptors (Lipinski definition) is 4. The van der Waals surface area contributed by atoms with Crippen molar-refractivity contribution in [2.24, 2.45) is 0 Å². The third-order valence-corrected chi connectivity index (χ3v) is 4.90. The SMILES string of the molecule is CN(CC(O)c1ccc(C#N)cc1)C1CCCN(c2ccccc2)C1=O. The highest BCUT2D eigenvalue weighted by Gasteiger charge is 2.33. The van der Waals surface area contributed by atoms with E-state index in [1.807, 2.05) is 47.2 Å². The fraction of sp³-hybridized carbons (Fsp3) is 0.333. The zero-order valence-corrected chi connectivity index (χ0v) is 14.9. The summed E-state index contributed by atoms with van der Waals surface area (Å²) in [6.07, 6.45) is 1.02. The number of likely N-dealkylation sites (N-methyl/N-ethyl adjacent to an activating group) is 1. The molecule has 2 aromatic carbocycles. The molecule has 1 amide bonds. The van der Waals surface area contributed by atoms with Crippen molar-refractivity contribution >= 4 is 11.6 Å². The predicted octanol–water partition coefficient (Wildman–Crippen LogP) is 2.72. The summed E-state index contributed by atoms with van der Waals surface area (Å²) in [6, 6.07) is 18.5. The van der Waals surface area contributed by atoms with Crippen LogP contribution in [0.25, 0.3) is 0 Å². The van der Waals surface area contributed by atoms with E-state index >= 15 is 0 Å². The number of benzene rings is 2. The van der Waals surface area contributed by atoms with E-state index in [-0.39, 0.29) is 11.9 Å². The Bertz CT molecular complexity index is 783. The number of piperidine rings is 1. The molecule has 1 aliphatic heterocycles. The van der Waals surface area contributed by atoms with Crippen molar-refractivity contribution in [3.05, 3.63) is 65.7 Å². The van der Waals surface area contributed by atoms with Crippen LogP contribution in [-0.4, -0.2) is 42.1 Å². The average Bonchev–Trinajstić information content (AvgIpc) is 2.68. The number of aliphatic hydroxyl groups is 1. The summed E-state index contributed by atoms with van der Waals surface area (Å²) in [6.45, 7) is 1.09. The van der Waals surface area contributed by atoms with Crippen molar-refractivity contribution in [1.82, 2.24) is 4.90 Å². The van der Waals surface area contributed by atoms with Gasteiger partial charge in [-0.1, -0.05) is 30.3 Å². The van der Waals surface area contributed by atoms with Gasteiger partial charge in [0.15, 0.2) is 0 Å². The second-order valence-corrected chi connectivity index (χ2v) is 6.67. The molecule has 134 valence electrons. The molecular weight excluding hydrogens is 326 g/mol. The Morgan fingerprint density at radius 2 is 1.92 bits per heavy atom. The number of anilines is 1. The number of amides is 1. The van der Waals surface area contributed by atoms with Gasteiger partial charge in [0.05, 0.1) is 23.8 Å². The summed E-state index contributed by atoms with van der Waals surface area (Å²) in [5.41, 5.74) is 2.23. The van der Waals surface area contributed by atoms with Crippen LogP contribution in [0.15, 0.2) is 54.6 Å². The van der Waals surface area contributed by atoms with E-state index in [1.54, 1.807) is 24.3 Å². The van der Waals surface area contributed by atoms with Crippen molar-refractivity contribution in [2.45, 2.75) is 25.0 Å². The Kier molecular flexibility index (Phi) is 5.67. The molecule has 0 saturated carbocycles. The van der Waals surface area contributed by atoms with Gasteiger partial charge in [0.2, 0.25) is 5.91 Å². The minimum atomic E-state index is -0.701. The highest BCUT2D eigenvalue weighted by Crippen LogP contribution is 2.24. The second kappa shape index (κ2) is 8.13. The third-order valence-electron chi connectivity index (χ3n) is 4.90. The lowest BCUT2D eigenvalue weighted by Crippen LogP contribution is -2.52. The molecule has 1 fully saturated rings. The van der Waals surface area contributed by atoms with Crippen LogP contribution in [0.2, 0.25) is 0 Å². The third kappa shape index (κ3) is 3.93. The first-order valence-corrected chi connectivity index (χ1v) is 8.85. The minimum absolute atomic E-state index is 0.0805. The molecule has 26 heavy (non-hydrogen) atoms. The Morgan fingerprint density at radius 1 is 1.23 bits per heavy atom. The zero-order valence-electron chi connectivity index (χ0n) is 14.9. The molecule has 5 heteroatoms. The summed E-state index contributed by atoms with van der Waals surface area (Å²) in [7, 11) is 1.88. The first-order chi connectivity index (χ1) is 12.6. The topological polar surface area (TPSA) is 67.6 Å². The van der Waals surface area contributed by atoms with Crippen LogP contribution >= 0.6 is 0 Å². The largest absolute Gasteiger partial charge is 0.387 e. The maximum absolute atomic E-state index is 12.9. The van der Waals surface area contributed by atoms with Gasteiger partial charge in [-0.25, -0.2) is 0 Å². The standard InChI is InChI=1S/C21H23N3O2/c1-23(15-20(25)17-11-9-16(14-22)10-12-17)19-8-5-13-24(21(19)26)18-6-3-2-4-7-18/h2-4,6-7,9-12,19-20,25H,5,8,13,15H2,1H3. The van der Waals surface area contributed by atoms with E-state index in [4.69, 9.17) is 5.26 Å². The van der Waals surface area contributed by atoms with E-state index in [0.717, 1.165) is 30.6 Å². The highest BCUT2D eigenvalue weighted by molar-refractivity contribution is 5.97. The van der Waals surface area contributed by atoms with Gasteiger partial charge in [0.25, 0.3) is 0 Å². The number of hydrogen-bond donors (Lipinski definition) is 1.